The van der Waals surface area contributed by atoms with Gasteiger partial charge in [-0.3, -0.25) is 10.1 Å². The summed E-state index contributed by atoms with van der Waals surface area (Å²) in [6.07, 6.45) is 0. The summed E-state index contributed by atoms with van der Waals surface area (Å²) in [6.45, 7) is 0. The van der Waals surface area contributed by atoms with Crippen LogP contribution in [-0.2, 0) is 0 Å². The number of benzene rings is 2. The van der Waals surface area contributed by atoms with Crippen LogP contribution >= 0.6 is 0 Å². The monoisotopic (exact) mass is 297 g/mol. The van der Waals surface area contributed by atoms with Gasteiger partial charge in [-0.2, -0.15) is 9.67 Å². The van der Waals surface area contributed by atoms with Crippen LogP contribution in [0.4, 0.5) is 16.3 Å². The summed E-state index contributed by atoms with van der Waals surface area (Å²) in [7, 11) is 0. The Bertz CT molecular complexity index is 799. The SMILES string of the molecule is Nc1nc(NC(=O)c2ccc(F)cc2)nn1-c1ccccc1. The van der Waals surface area contributed by atoms with E-state index in [0.29, 0.717) is 5.56 Å². The summed E-state index contributed by atoms with van der Waals surface area (Å²) in [5.74, 6) is -0.617. The number of rotatable bonds is 3. The van der Waals surface area contributed by atoms with Gasteiger partial charge in [-0.25, -0.2) is 4.39 Å². The van der Waals surface area contributed by atoms with Crippen LogP contribution in [0.15, 0.2) is 54.6 Å². The first-order valence-electron chi connectivity index (χ1n) is 6.48. The van der Waals surface area contributed by atoms with E-state index in [1.54, 1.807) is 0 Å². The number of nitrogens with one attached hydrogen (secondary N) is 1. The van der Waals surface area contributed by atoms with E-state index in [1.165, 1.54) is 28.9 Å². The van der Waals surface area contributed by atoms with Crippen LogP contribution < -0.4 is 11.1 Å². The Morgan fingerprint density at radius 1 is 1.09 bits per heavy atom. The molecule has 0 aliphatic heterocycles. The summed E-state index contributed by atoms with van der Waals surface area (Å²) in [6, 6.07) is 14.4. The zero-order valence-electron chi connectivity index (χ0n) is 11.4. The number of hydrogen-bond acceptors (Lipinski definition) is 4. The average Bonchev–Trinajstić information content (AvgIpc) is 2.89. The molecule has 110 valence electrons. The lowest BCUT2D eigenvalue weighted by Crippen LogP contribution is -2.13. The molecule has 1 heterocycles. The van der Waals surface area contributed by atoms with Gasteiger partial charge < -0.3 is 5.73 Å². The molecule has 3 N–H and O–H groups in total. The van der Waals surface area contributed by atoms with Crippen LogP contribution in [0.25, 0.3) is 5.69 Å². The number of anilines is 2. The van der Waals surface area contributed by atoms with Gasteiger partial charge in [-0.15, -0.1) is 5.10 Å². The largest absolute Gasteiger partial charge is 0.368 e. The van der Waals surface area contributed by atoms with Crippen LogP contribution in [0.3, 0.4) is 0 Å². The van der Waals surface area contributed by atoms with E-state index in [1.807, 2.05) is 30.3 Å². The number of carbonyl (C=O) groups excluding carboxylic acids is 1. The minimum absolute atomic E-state index is 0.0793. The second kappa shape index (κ2) is 5.65. The molecule has 0 saturated heterocycles. The Kier molecular flexibility index (Phi) is 3.53. The summed E-state index contributed by atoms with van der Waals surface area (Å²) in [4.78, 5) is 16.0. The lowest BCUT2D eigenvalue weighted by molar-refractivity contribution is 0.102. The first kappa shape index (κ1) is 13.7. The van der Waals surface area contributed by atoms with Gasteiger partial charge in [-0.1, -0.05) is 18.2 Å². The quantitative estimate of drug-likeness (QED) is 0.776. The van der Waals surface area contributed by atoms with E-state index < -0.39 is 11.7 Å². The Morgan fingerprint density at radius 3 is 2.45 bits per heavy atom. The number of halogens is 1. The molecular weight excluding hydrogens is 285 g/mol. The molecule has 7 heteroatoms. The molecule has 0 unspecified atom stereocenters. The van der Waals surface area contributed by atoms with Gasteiger partial charge in [0.1, 0.15) is 5.82 Å². The normalized spacial score (nSPS) is 10.4. The fraction of sp³-hybridized carbons (Fsp3) is 0. The molecule has 3 rings (SSSR count). The van der Waals surface area contributed by atoms with E-state index in [9.17, 15) is 9.18 Å². The molecule has 0 saturated carbocycles. The van der Waals surface area contributed by atoms with Gasteiger partial charge >= 0.3 is 0 Å². The third-order valence-electron chi connectivity index (χ3n) is 2.96. The molecule has 1 aromatic heterocycles. The van der Waals surface area contributed by atoms with Crippen molar-refractivity contribution in [3.63, 3.8) is 0 Å². The number of nitrogen functional groups attached to an aromatic ring is 1. The zero-order chi connectivity index (χ0) is 15.5. The van der Waals surface area contributed by atoms with Crippen molar-refractivity contribution in [1.82, 2.24) is 14.8 Å². The lowest BCUT2D eigenvalue weighted by atomic mass is 10.2. The maximum absolute atomic E-state index is 12.8. The maximum atomic E-state index is 12.8. The number of nitrogens with two attached hydrogens (primary N) is 1. The van der Waals surface area contributed by atoms with E-state index >= 15 is 0 Å². The molecule has 0 fully saturated rings. The standard InChI is InChI=1S/C15H12FN5O/c16-11-8-6-10(7-9-11)13(22)18-15-19-14(17)21(20-15)12-4-2-1-3-5-12/h1-9H,(H3,17,18,19,20,22). The number of aromatic nitrogens is 3. The van der Waals surface area contributed by atoms with Crippen molar-refractivity contribution in [3.05, 3.63) is 66.0 Å². The van der Waals surface area contributed by atoms with Crippen molar-refractivity contribution in [2.45, 2.75) is 0 Å². The first-order valence-corrected chi connectivity index (χ1v) is 6.48. The Labute approximate surface area is 125 Å². The highest BCUT2D eigenvalue weighted by Crippen LogP contribution is 2.14. The molecular formula is C15H12FN5O. The Hall–Kier alpha value is -3.22. The van der Waals surface area contributed by atoms with Crippen molar-refractivity contribution < 1.29 is 9.18 Å². The van der Waals surface area contributed by atoms with Crippen LogP contribution in [0.1, 0.15) is 10.4 Å². The molecule has 0 atom stereocenters. The second-order valence-electron chi connectivity index (χ2n) is 4.50. The van der Waals surface area contributed by atoms with Crippen LogP contribution in [0.5, 0.6) is 0 Å². The summed E-state index contributed by atoms with van der Waals surface area (Å²) in [5.41, 5.74) is 6.83. The van der Waals surface area contributed by atoms with Crippen LogP contribution in [-0.4, -0.2) is 20.7 Å². The smallest absolute Gasteiger partial charge is 0.258 e. The summed E-state index contributed by atoms with van der Waals surface area (Å²) < 4.78 is 14.3. The minimum atomic E-state index is -0.440. The van der Waals surface area contributed by atoms with E-state index in [2.05, 4.69) is 15.4 Å². The molecule has 0 radical (unpaired) electrons. The molecule has 2 aromatic carbocycles. The highest BCUT2D eigenvalue weighted by atomic mass is 19.1. The number of nitrogens with zero attached hydrogens (tertiary/aromatic N) is 3. The molecule has 0 spiro atoms. The zero-order valence-corrected chi connectivity index (χ0v) is 11.4. The van der Waals surface area contributed by atoms with Gasteiger partial charge in [0.15, 0.2) is 0 Å². The van der Waals surface area contributed by atoms with Crippen LogP contribution in [0.2, 0.25) is 0 Å². The fourth-order valence-electron chi connectivity index (χ4n) is 1.91. The molecule has 0 bridgehead atoms. The fourth-order valence-corrected chi connectivity index (χ4v) is 1.91. The first-order chi connectivity index (χ1) is 10.6. The Balaban J connectivity index is 1.82. The number of para-hydroxylation sites is 1. The van der Waals surface area contributed by atoms with E-state index in [0.717, 1.165) is 5.69 Å². The van der Waals surface area contributed by atoms with Gasteiger partial charge in [0.2, 0.25) is 5.95 Å². The number of hydrogen-bond donors (Lipinski definition) is 2. The van der Waals surface area contributed by atoms with Crippen molar-refractivity contribution >= 4 is 17.8 Å². The highest BCUT2D eigenvalue weighted by Gasteiger charge is 2.12. The average molecular weight is 297 g/mol. The minimum Gasteiger partial charge on any atom is -0.368 e. The van der Waals surface area contributed by atoms with Crippen LogP contribution in [0, 0.1) is 5.82 Å². The van der Waals surface area contributed by atoms with E-state index in [-0.39, 0.29) is 11.9 Å². The molecule has 3 aromatic rings. The number of carbonyl (C=O) groups is 1. The second-order valence-corrected chi connectivity index (χ2v) is 4.50. The van der Waals surface area contributed by atoms with Crippen molar-refractivity contribution in [2.75, 3.05) is 11.1 Å². The lowest BCUT2D eigenvalue weighted by Gasteiger charge is -2.01. The van der Waals surface area contributed by atoms with Crippen molar-refractivity contribution in [2.24, 2.45) is 0 Å². The number of amides is 1. The Morgan fingerprint density at radius 2 is 1.77 bits per heavy atom. The van der Waals surface area contributed by atoms with Crippen molar-refractivity contribution in [1.29, 1.82) is 0 Å². The highest BCUT2D eigenvalue weighted by molar-refractivity contribution is 6.03. The molecule has 0 aliphatic carbocycles. The summed E-state index contributed by atoms with van der Waals surface area (Å²) >= 11 is 0. The summed E-state index contributed by atoms with van der Waals surface area (Å²) in [5, 5.41) is 6.66. The third kappa shape index (κ3) is 2.78. The topological polar surface area (TPSA) is 85.8 Å². The van der Waals surface area contributed by atoms with Gasteiger partial charge in [0.05, 0.1) is 5.69 Å². The predicted octanol–water partition coefficient (Wildman–Crippen LogP) is 2.24. The van der Waals surface area contributed by atoms with Gasteiger partial charge in [0, 0.05) is 5.56 Å². The molecule has 1 amide bonds. The molecule has 0 aliphatic rings. The maximum Gasteiger partial charge on any atom is 0.258 e. The third-order valence-corrected chi connectivity index (χ3v) is 2.96. The van der Waals surface area contributed by atoms with Gasteiger partial charge in [0.25, 0.3) is 11.9 Å². The van der Waals surface area contributed by atoms with E-state index in [4.69, 9.17) is 5.73 Å². The molecule has 22 heavy (non-hydrogen) atoms. The predicted molar refractivity (Wildman–Crippen MR) is 80.1 cm³/mol. The van der Waals surface area contributed by atoms with Crippen molar-refractivity contribution in [3.8, 4) is 5.69 Å². The molecule has 6 nitrogen and oxygen atoms in total. The van der Waals surface area contributed by atoms with Gasteiger partial charge in [-0.05, 0) is 36.4 Å².